The van der Waals surface area contributed by atoms with Gasteiger partial charge in [0, 0.05) is 6.54 Å². The molecule has 0 spiro atoms. The third kappa shape index (κ3) is 3.15. The Morgan fingerprint density at radius 1 is 1.07 bits per heavy atom. The fourth-order valence-corrected chi connectivity index (χ4v) is 1.76. The molecule has 0 radical (unpaired) electrons. The monoisotopic (exact) mass is 191 g/mol. The summed E-state index contributed by atoms with van der Waals surface area (Å²) in [6.45, 7) is 10.2. The lowest BCUT2D eigenvalue weighted by Crippen LogP contribution is -2.27. The molecular weight excluding hydrogens is 170 g/mol. The smallest absolute Gasteiger partial charge is 0.00474 e. The highest BCUT2D eigenvalue weighted by molar-refractivity contribution is 5.18. The molecule has 14 heavy (non-hydrogen) atoms. The molecule has 0 heterocycles. The van der Waals surface area contributed by atoms with Crippen molar-refractivity contribution >= 4 is 0 Å². The van der Waals surface area contributed by atoms with Crippen LogP contribution in [0.3, 0.4) is 0 Å². The maximum atomic E-state index is 2.47. The molecule has 0 aliphatic heterocycles. The van der Waals surface area contributed by atoms with E-state index in [1.807, 2.05) is 0 Å². The predicted octanol–water partition coefficient (Wildman–Crippen LogP) is 3.13. The molecule has 1 heteroatoms. The van der Waals surface area contributed by atoms with Crippen LogP contribution in [0.25, 0.3) is 0 Å². The summed E-state index contributed by atoms with van der Waals surface area (Å²) in [4.78, 5) is 2.47. The van der Waals surface area contributed by atoms with Crippen LogP contribution in [0.15, 0.2) is 30.3 Å². The Bertz CT molecular complexity index is 239. The first kappa shape index (κ1) is 11.3. The van der Waals surface area contributed by atoms with E-state index in [-0.39, 0.29) is 0 Å². The third-order valence-electron chi connectivity index (χ3n) is 2.80. The fraction of sp³-hybridized carbons (Fsp3) is 0.538. The minimum Gasteiger partial charge on any atom is -0.303 e. The molecule has 78 valence electrons. The van der Waals surface area contributed by atoms with E-state index < -0.39 is 0 Å². The molecule has 0 bridgehead atoms. The van der Waals surface area contributed by atoms with Gasteiger partial charge < -0.3 is 4.90 Å². The fourth-order valence-electron chi connectivity index (χ4n) is 1.76. The SMILES string of the molecule is CCN(CC)CC(C)c1ccccc1. The standard InChI is InChI=1S/C13H21N/c1-4-14(5-2)11-12(3)13-9-7-6-8-10-13/h6-10,12H,4-5,11H2,1-3H3. The van der Waals surface area contributed by atoms with Crippen LogP contribution < -0.4 is 0 Å². The summed E-state index contributed by atoms with van der Waals surface area (Å²) in [5.74, 6) is 0.635. The van der Waals surface area contributed by atoms with Crippen molar-refractivity contribution in [3.8, 4) is 0 Å². The van der Waals surface area contributed by atoms with Crippen molar-refractivity contribution in [1.82, 2.24) is 4.90 Å². The van der Waals surface area contributed by atoms with Crippen LogP contribution in [0.5, 0.6) is 0 Å². The van der Waals surface area contributed by atoms with Crippen LogP contribution in [-0.2, 0) is 0 Å². The summed E-state index contributed by atoms with van der Waals surface area (Å²) in [7, 11) is 0. The Kier molecular flexibility index (Phi) is 4.68. The molecule has 0 saturated heterocycles. The summed E-state index contributed by atoms with van der Waals surface area (Å²) < 4.78 is 0. The van der Waals surface area contributed by atoms with Gasteiger partial charge in [-0.3, -0.25) is 0 Å². The normalized spacial score (nSPS) is 13.1. The average molecular weight is 191 g/mol. The highest BCUT2D eigenvalue weighted by Gasteiger charge is 2.08. The van der Waals surface area contributed by atoms with E-state index in [1.165, 1.54) is 5.56 Å². The number of likely N-dealkylation sites (N-methyl/N-ethyl adjacent to an activating group) is 1. The van der Waals surface area contributed by atoms with Gasteiger partial charge in [0.25, 0.3) is 0 Å². The number of benzene rings is 1. The molecule has 1 aromatic carbocycles. The highest BCUT2D eigenvalue weighted by Crippen LogP contribution is 2.15. The molecule has 1 atom stereocenters. The lowest BCUT2D eigenvalue weighted by Gasteiger charge is -2.22. The quantitative estimate of drug-likeness (QED) is 0.691. The Hall–Kier alpha value is -0.820. The molecule has 1 aromatic rings. The minimum absolute atomic E-state index is 0.635. The van der Waals surface area contributed by atoms with Gasteiger partial charge in [-0.15, -0.1) is 0 Å². The molecule has 0 aliphatic carbocycles. The maximum absolute atomic E-state index is 2.47. The van der Waals surface area contributed by atoms with E-state index in [1.54, 1.807) is 0 Å². The zero-order chi connectivity index (χ0) is 10.4. The molecular formula is C13H21N. The topological polar surface area (TPSA) is 3.24 Å². The second-order valence-electron chi connectivity index (χ2n) is 3.80. The van der Waals surface area contributed by atoms with Crippen molar-refractivity contribution in [2.75, 3.05) is 19.6 Å². The summed E-state index contributed by atoms with van der Waals surface area (Å²) in [6.07, 6.45) is 0. The molecule has 0 saturated carbocycles. The molecule has 1 rings (SSSR count). The van der Waals surface area contributed by atoms with Crippen molar-refractivity contribution in [3.63, 3.8) is 0 Å². The largest absolute Gasteiger partial charge is 0.303 e. The van der Waals surface area contributed by atoms with Gasteiger partial charge in [-0.05, 0) is 24.6 Å². The molecule has 0 amide bonds. The Labute approximate surface area is 87.7 Å². The first-order chi connectivity index (χ1) is 6.77. The second kappa shape index (κ2) is 5.82. The van der Waals surface area contributed by atoms with Crippen molar-refractivity contribution in [3.05, 3.63) is 35.9 Å². The molecule has 0 N–H and O–H groups in total. The van der Waals surface area contributed by atoms with Crippen LogP contribution in [0.2, 0.25) is 0 Å². The van der Waals surface area contributed by atoms with E-state index in [2.05, 4.69) is 56.0 Å². The Morgan fingerprint density at radius 2 is 1.64 bits per heavy atom. The van der Waals surface area contributed by atoms with E-state index in [0.29, 0.717) is 5.92 Å². The van der Waals surface area contributed by atoms with Gasteiger partial charge in [0.1, 0.15) is 0 Å². The van der Waals surface area contributed by atoms with E-state index in [0.717, 1.165) is 19.6 Å². The van der Waals surface area contributed by atoms with Gasteiger partial charge in [0.15, 0.2) is 0 Å². The van der Waals surface area contributed by atoms with Gasteiger partial charge in [-0.25, -0.2) is 0 Å². The Morgan fingerprint density at radius 3 is 2.14 bits per heavy atom. The molecule has 0 aliphatic rings. The van der Waals surface area contributed by atoms with Crippen molar-refractivity contribution in [2.45, 2.75) is 26.7 Å². The number of nitrogens with zero attached hydrogens (tertiary/aromatic N) is 1. The molecule has 1 unspecified atom stereocenters. The van der Waals surface area contributed by atoms with Crippen LogP contribution in [0.4, 0.5) is 0 Å². The third-order valence-corrected chi connectivity index (χ3v) is 2.80. The van der Waals surface area contributed by atoms with Gasteiger partial charge in [0.05, 0.1) is 0 Å². The highest BCUT2D eigenvalue weighted by atomic mass is 15.1. The lowest BCUT2D eigenvalue weighted by molar-refractivity contribution is 0.288. The van der Waals surface area contributed by atoms with Crippen molar-refractivity contribution in [1.29, 1.82) is 0 Å². The average Bonchev–Trinajstić information content (AvgIpc) is 2.26. The van der Waals surface area contributed by atoms with Crippen LogP contribution in [0, 0.1) is 0 Å². The zero-order valence-electron chi connectivity index (χ0n) is 9.53. The number of hydrogen-bond donors (Lipinski definition) is 0. The lowest BCUT2D eigenvalue weighted by atomic mass is 10.0. The van der Waals surface area contributed by atoms with Crippen LogP contribution >= 0.6 is 0 Å². The zero-order valence-corrected chi connectivity index (χ0v) is 9.53. The van der Waals surface area contributed by atoms with E-state index in [4.69, 9.17) is 0 Å². The first-order valence-electron chi connectivity index (χ1n) is 5.55. The summed E-state index contributed by atoms with van der Waals surface area (Å²) in [5, 5.41) is 0. The van der Waals surface area contributed by atoms with Crippen LogP contribution in [0.1, 0.15) is 32.3 Å². The first-order valence-corrected chi connectivity index (χ1v) is 5.55. The van der Waals surface area contributed by atoms with Gasteiger partial charge >= 0.3 is 0 Å². The molecule has 0 fully saturated rings. The summed E-state index contributed by atoms with van der Waals surface area (Å²) in [5.41, 5.74) is 1.44. The Balaban J connectivity index is 2.54. The van der Waals surface area contributed by atoms with Crippen molar-refractivity contribution < 1.29 is 0 Å². The summed E-state index contributed by atoms with van der Waals surface area (Å²) in [6, 6.07) is 10.7. The number of hydrogen-bond acceptors (Lipinski definition) is 1. The van der Waals surface area contributed by atoms with Crippen LogP contribution in [-0.4, -0.2) is 24.5 Å². The molecule has 1 nitrogen and oxygen atoms in total. The summed E-state index contributed by atoms with van der Waals surface area (Å²) >= 11 is 0. The van der Waals surface area contributed by atoms with E-state index >= 15 is 0 Å². The van der Waals surface area contributed by atoms with Crippen molar-refractivity contribution in [2.24, 2.45) is 0 Å². The maximum Gasteiger partial charge on any atom is 0.00474 e. The number of rotatable bonds is 5. The van der Waals surface area contributed by atoms with Gasteiger partial charge in [-0.1, -0.05) is 51.1 Å². The predicted molar refractivity (Wildman–Crippen MR) is 62.6 cm³/mol. The minimum atomic E-state index is 0.635. The molecule has 0 aromatic heterocycles. The van der Waals surface area contributed by atoms with Gasteiger partial charge in [0.2, 0.25) is 0 Å². The second-order valence-corrected chi connectivity index (χ2v) is 3.80. The van der Waals surface area contributed by atoms with E-state index in [9.17, 15) is 0 Å². The van der Waals surface area contributed by atoms with Gasteiger partial charge in [-0.2, -0.15) is 0 Å².